The number of benzene rings is 1. The van der Waals surface area contributed by atoms with Crippen molar-refractivity contribution >= 4 is 11.7 Å². The molecule has 0 saturated heterocycles. The number of carbonyl (C=O) groups is 1. The molecule has 1 N–H and O–H groups in total. The number of hydrogen-bond acceptors (Lipinski definition) is 2. The molecule has 15 heavy (non-hydrogen) atoms. The Kier molecular flexibility index (Phi) is 2.39. The van der Waals surface area contributed by atoms with Crippen molar-refractivity contribution in [2.75, 3.05) is 18.5 Å². The number of carboxylic acid groups (broad SMARTS) is 1. The Morgan fingerprint density at radius 3 is 2.93 bits per heavy atom. The van der Waals surface area contributed by atoms with Crippen molar-refractivity contribution in [2.45, 2.75) is 19.3 Å². The molecule has 0 bridgehead atoms. The van der Waals surface area contributed by atoms with Crippen molar-refractivity contribution in [3.63, 3.8) is 0 Å². The van der Waals surface area contributed by atoms with E-state index >= 15 is 0 Å². The third-order valence-corrected chi connectivity index (χ3v) is 3.11. The molecule has 1 unspecified atom stereocenters. The van der Waals surface area contributed by atoms with Gasteiger partial charge >= 0.3 is 5.97 Å². The molecule has 1 aromatic rings. The van der Waals surface area contributed by atoms with Gasteiger partial charge in [0.2, 0.25) is 0 Å². The molecule has 0 aliphatic carbocycles. The number of carboxylic acids is 1. The van der Waals surface area contributed by atoms with Gasteiger partial charge in [-0.3, -0.25) is 0 Å². The van der Waals surface area contributed by atoms with E-state index in [1.165, 1.54) is 5.69 Å². The lowest BCUT2D eigenvalue weighted by Crippen LogP contribution is -2.26. The predicted octanol–water partition coefficient (Wildman–Crippen LogP) is 2.33. The van der Waals surface area contributed by atoms with Gasteiger partial charge in [0.15, 0.2) is 0 Å². The summed E-state index contributed by atoms with van der Waals surface area (Å²) in [7, 11) is 2.05. The predicted molar refractivity (Wildman–Crippen MR) is 59.7 cm³/mol. The molecule has 1 aliphatic rings. The van der Waals surface area contributed by atoms with E-state index in [2.05, 4.69) is 11.8 Å². The van der Waals surface area contributed by atoms with E-state index in [1.54, 1.807) is 12.1 Å². The van der Waals surface area contributed by atoms with Gasteiger partial charge in [-0.2, -0.15) is 0 Å². The monoisotopic (exact) mass is 205 g/mol. The van der Waals surface area contributed by atoms with Crippen molar-refractivity contribution in [1.29, 1.82) is 0 Å². The van der Waals surface area contributed by atoms with Crippen molar-refractivity contribution in [2.24, 2.45) is 0 Å². The molecule has 80 valence electrons. The molecule has 0 saturated carbocycles. The first-order valence-electron chi connectivity index (χ1n) is 5.18. The molecule has 1 aliphatic heterocycles. The van der Waals surface area contributed by atoms with Crippen LogP contribution in [-0.2, 0) is 0 Å². The first kappa shape index (κ1) is 10.0. The largest absolute Gasteiger partial charge is 0.478 e. The Balaban J connectivity index is 2.49. The van der Waals surface area contributed by atoms with Gasteiger partial charge in [-0.15, -0.1) is 0 Å². The molecule has 2 rings (SSSR count). The average molecular weight is 205 g/mol. The number of nitrogens with zero attached hydrogens (tertiary/aromatic N) is 1. The lowest BCUT2D eigenvalue weighted by Gasteiger charge is -2.31. The highest BCUT2D eigenvalue weighted by Gasteiger charge is 2.20. The minimum atomic E-state index is -0.849. The van der Waals surface area contributed by atoms with Crippen LogP contribution in [0.25, 0.3) is 0 Å². The number of rotatable bonds is 1. The van der Waals surface area contributed by atoms with E-state index in [1.807, 2.05) is 13.1 Å². The highest BCUT2D eigenvalue weighted by atomic mass is 16.4. The highest BCUT2D eigenvalue weighted by molar-refractivity contribution is 5.88. The minimum absolute atomic E-state index is 0.385. The summed E-state index contributed by atoms with van der Waals surface area (Å²) in [4.78, 5) is 13.0. The SMILES string of the molecule is CC1CCN(C)c2ccc(C(=O)O)cc21. The quantitative estimate of drug-likeness (QED) is 0.765. The first-order valence-corrected chi connectivity index (χ1v) is 5.18. The van der Waals surface area contributed by atoms with Crippen LogP contribution >= 0.6 is 0 Å². The summed E-state index contributed by atoms with van der Waals surface area (Å²) >= 11 is 0. The van der Waals surface area contributed by atoms with Gasteiger partial charge < -0.3 is 10.0 Å². The fraction of sp³-hybridized carbons (Fsp3) is 0.417. The number of aromatic carboxylic acids is 1. The molecule has 3 nitrogen and oxygen atoms in total. The van der Waals surface area contributed by atoms with Gasteiger partial charge in [0.1, 0.15) is 0 Å². The summed E-state index contributed by atoms with van der Waals surface area (Å²) in [6.45, 7) is 3.19. The summed E-state index contributed by atoms with van der Waals surface area (Å²) in [5, 5.41) is 8.92. The molecule has 0 fully saturated rings. The number of fused-ring (bicyclic) bond motifs is 1. The lowest BCUT2D eigenvalue weighted by atomic mass is 9.90. The molecule has 0 aromatic heterocycles. The van der Waals surface area contributed by atoms with Crippen LogP contribution in [0.5, 0.6) is 0 Å². The van der Waals surface area contributed by atoms with Crippen LogP contribution in [0.2, 0.25) is 0 Å². The molecule has 1 atom stereocenters. The first-order chi connectivity index (χ1) is 7.09. The summed E-state index contributed by atoms with van der Waals surface area (Å²) in [5.41, 5.74) is 2.71. The third kappa shape index (κ3) is 1.69. The molecule has 0 spiro atoms. The van der Waals surface area contributed by atoms with Crippen molar-refractivity contribution in [3.8, 4) is 0 Å². The van der Waals surface area contributed by atoms with Crippen LogP contribution in [-0.4, -0.2) is 24.7 Å². The van der Waals surface area contributed by atoms with Gasteiger partial charge in [0.25, 0.3) is 0 Å². The van der Waals surface area contributed by atoms with E-state index in [4.69, 9.17) is 5.11 Å². The minimum Gasteiger partial charge on any atom is -0.478 e. The van der Waals surface area contributed by atoms with Gasteiger partial charge in [-0.1, -0.05) is 6.92 Å². The van der Waals surface area contributed by atoms with E-state index in [-0.39, 0.29) is 0 Å². The van der Waals surface area contributed by atoms with Crippen molar-refractivity contribution in [3.05, 3.63) is 29.3 Å². The Bertz CT molecular complexity index is 401. The maximum atomic E-state index is 10.9. The zero-order valence-electron chi connectivity index (χ0n) is 9.03. The molecule has 1 aromatic carbocycles. The van der Waals surface area contributed by atoms with E-state index < -0.39 is 5.97 Å². The molecule has 0 radical (unpaired) electrons. The van der Waals surface area contributed by atoms with E-state index in [0.29, 0.717) is 11.5 Å². The Labute approximate surface area is 89.3 Å². The summed E-state index contributed by atoms with van der Waals surface area (Å²) in [6, 6.07) is 5.39. The second kappa shape index (κ2) is 3.57. The number of anilines is 1. The van der Waals surface area contributed by atoms with Gasteiger partial charge in [0.05, 0.1) is 5.56 Å². The second-order valence-corrected chi connectivity index (χ2v) is 4.19. The summed E-state index contributed by atoms with van der Waals surface area (Å²) in [5.74, 6) is -0.395. The third-order valence-electron chi connectivity index (χ3n) is 3.11. The summed E-state index contributed by atoms with van der Waals surface area (Å²) < 4.78 is 0. The zero-order chi connectivity index (χ0) is 11.0. The Hall–Kier alpha value is -1.51. The van der Waals surface area contributed by atoms with Crippen LogP contribution in [0, 0.1) is 0 Å². The fourth-order valence-electron chi connectivity index (χ4n) is 2.09. The normalized spacial score (nSPS) is 19.9. The van der Waals surface area contributed by atoms with Crippen LogP contribution < -0.4 is 4.90 Å². The second-order valence-electron chi connectivity index (χ2n) is 4.19. The molecular weight excluding hydrogens is 190 g/mol. The molecule has 0 amide bonds. The zero-order valence-corrected chi connectivity index (χ0v) is 9.03. The van der Waals surface area contributed by atoms with Crippen molar-refractivity contribution < 1.29 is 9.90 Å². The summed E-state index contributed by atoms with van der Waals surface area (Å²) in [6.07, 6.45) is 1.09. The van der Waals surface area contributed by atoms with Gasteiger partial charge in [-0.25, -0.2) is 4.79 Å². The lowest BCUT2D eigenvalue weighted by molar-refractivity contribution is 0.0697. The smallest absolute Gasteiger partial charge is 0.335 e. The maximum absolute atomic E-state index is 10.9. The average Bonchev–Trinajstić information content (AvgIpc) is 2.23. The molecular formula is C12H15NO2. The van der Waals surface area contributed by atoms with Crippen LogP contribution in [0.4, 0.5) is 5.69 Å². The number of hydrogen-bond donors (Lipinski definition) is 1. The van der Waals surface area contributed by atoms with E-state index in [9.17, 15) is 4.79 Å². The van der Waals surface area contributed by atoms with Gasteiger partial charge in [-0.05, 0) is 36.1 Å². The van der Waals surface area contributed by atoms with Crippen LogP contribution in [0.3, 0.4) is 0 Å². The standard InChI is InChI=1S/C12H15NO2/c1-8-5-6-13(2)11-4-3-9(12(14)15)7-10(8)11/h3-4,7-8H,5-6H2,1-2H3,(H,14,15). The van der Waals surface area contributed by atoms with E-state index in [0.717, 1.165) is 18.5 Å². The van der Waals surface area contributed by atoms with Crippen LogP contribution in [0.15, 0.2) is 18.2 Å². The topological polar surface area (TPSA) is 40.5 Å². The molecule has 1 heterocycles. The Morgan fingerprint density at radius 2 is 2.27 bits per heavy atom. The highest BCUT2D eigenvalue weighted by Crippen LogP contribution is 2.34. The van der Waals surface area contributed by atoms with Gasteiger partial charge in [0, 0.05) is 19.3 Å². The fourth-order valence-corrected chi connectivity index (χ4v) is 2.09. The molecule has 3 heteroatoms. The van der Waals surface area contributed by atoms with Crippen molar-refractivity contribution in [1.82, 2.24) is 0 Å². The maximum Gasteiger partial charge on any atom is 0.335 e. The van der Waals surface area contributed by atoms with Crippen LogP contribution in [0.1, 0.15) is 35.2 Å². The Morgan fingerprint density at radius 1 is 1.53 bits per heavy atom.